The van der Waals surface area contributed by atoms with Gasteiger partial charge in [0.05, 0.1) is 11.2 Å². The van der Waals surface area contributed by atoms with Gasteiger partial charge in [-0.3, -0.25) is 0 Å². The van der Waals surface area contributed by atoms with Gasteiger partial charge in [-0.2, -0.15) is 0 Å². The van der Waals surface area contributed by atoms with Crippen LogP contribution in [0.1, 0.15) is 12.6 Å². The topological polar surface area (TPSA) is 38.9 Å². The van der Waals surface area contributed by atoms with Gasteiger partial charge in [0.2, 0.25) is 0 Å². The van der Waals surface area contributed by atoms with Crippen LogP contribution in [-0.4, -0.2) is 11.0 Å². The Morgan fingerprint density at radius 2 is 2.67 bits per heavy atom. The zero-order chi connectivity index (χ0) is 6.69. The van der Waals surface area contributed by atoms with Gasteiger partial charge in [-0.25, -0.2) is 4.98 Å². The van der Waals surface area contributed by atoms with Crippen LogP contribution >= 0.6 is 11.3 Å². The molecule has 0 unspecified atom stereocenters. The predicted molar refractivity (Wildman–Crippen MR) is 39.5 cm³/mol. The van der Waals surface area contributed by atoms with E-state index in [1.165, 1.54) is 0 Å². The van der Waals surface area contributed by atoms with Crippen LogP contribution in [0.15, 0.2) is 10.9 Å². The lowest BCUT2D eigenvalue weighted by Gasteiger charge is -1.98. The first-order chi connectivity index (χ1) is 4.29. The molecule has 0 spiro atoms. The SMILES string of the molecule is C[C@@H](N)Cc1cscn1. The lowest BCUT2D eigenvalue weighted by atomic mass is 10.2. The van der Waals surface area contributed by atoms with Crippen LogP contribution in [0.25, 0.3) is 0 Å². The van der Waals surface area contributed by atoms with Gasteiger partial charge in [0, 0.05) is 17.8 Å². The largest absolute Gasteiger partial charge is 0.328 e. The van der Waals surface area contributed by atoms with Crippen molar-refractivity contribution in [1.29, 1.82) is 0 Å². The standard InChI is InChI=1S/C6H10N2S/c1-5(7)2-6-3-9-4-8-6/h3-5H,2,7H2,1H3/t5-/m1/s1. The molecule has 1 heterocycles. The summed E-state index contributed by atoms with van der Waals surface area (Å²) < 4.78 is 0. The van der Waals surface area contributed by atoms with Crippen molar-refractivity contribution in [3.63, 3.8) is 0 Å². The van der Waals surface area contributed by atoms with Crippen LogP contribution in [0.3, 0.4) is 0 Å². The Morgan fingerprint density at radius 1 is 1.89 bits per heavy atom. The van der Waals surface area contributed by atoms with Gasteiger partial charge in [-0.15, -0.1) is 11.3 Å². The Bertz CT molecular complexity index is 158. The van der Waals surface area contributed by atoms with Crippen molar-refractivity contribution in [3.8, 4) is 0 Å². The Labute approximate surface area is 58.7 Å². The fourth-order valence-corrected chi connectivity index (χ4v) is 1.24. The van der Waals surface area contributed by atoms with Crippen molar-refractivity contribution in [1.82, 2.24) is 4.98 Å². The van der Waals surface area contributed by atoms with Crippen LogP contribution in [0.4, 0.5) is 0 Å². The van der Waals surface area contributed by atoms with Gasteiger partial charge in [0.1, 0.15) is 0 Å². The average Bonchev–Trinajstić information content (AvgIpc) is 2.15. The average molecular weight is 142 g/mol. The zero-order valence-corrected chi connectivity index (χ0v) is 6.19. The van der Waals surface area contributed by atoms with E-state index in [1.807, 2.05) is 17.8 Å². The third-order valence-electron chi connectivity index (χ3n) is 1.01. The summed E-state index contributed by atoms with van der Waals surface area (Å²) in [5, 5.41) is 2.03. The van der Waals surface area contributed by atoms with E-state index in [0.717, 1.165) is 12.1 Å². The second-order valence-electron chi connectivity index (χ2n) is 2.16. The summed E-state index contributed by atoms with van der Waals surface area (Å²) in [6, 6.07) is 0.229. The fourth-order valence-electron chi connectivity index (χ4n) is 0.668. The summed E-state index contributed by atoms with van der Waals surface area (Å²) >= 11 is 1.61. The van der Waals surface area contributed by atoms with Gasteiger partial charge in [-0.1, -0.05) is 0 Å². The highest BCUT2D eigenvalue weighted by atomic mass is 32.1. The number of nitrogens with two attached hydrogens (primary N) is 1. The van der Waals surface area contributed by atoms with Gasteiger partial charge in [0.15, 0.2) is 0 Å². The first-order valence-electron chi connectivity index (χ1n) is 2.91. The Balaban J connectivity index is 2.48. The molecule has 1 aromatic heterocycles. The Kier molecular flexibility index (Phi) is 2.19. The Morgan fingerprint density at radius 3 is 3.11 bits per heavy atom. The highest BCUT2D eigenvalue weighted by Crippen LogP contribution is 2.02. The molecule has 3 heteroatoms. The number of hydrogen-bond donors (Lipinski definition) is 1. The van der Waals surface area contributed by atoms with E-state index in [4.69, 9.17) is 5.73 Å². The van der Waals surface area contributed by atoms with Crippen LogP contribution < -0.4 is 5.73 Å². The predicted octanol–water partition coefficient (Wildman–Crippen LogP) is 1.03. The lowest BCUT2D eigenvalue weighted by molar-refractivity contribution is 0.726. The van der Waals surface area contributed by atoms with Crippen molar-refractivity contribution < 1.29 is 0 Å². The number of nitrogens with zero attached hydrogens (tertiary/aromatic N) is 1. The van der Waals surface area contributed by atoms with Gasteiger partial charge in [-0.05, 0) is 6.92 Å². The minimum Gasteiger partial charge on any atom is -0.328 e. The molecule has 0 bridgehead atoms. The van der Waals surface area contributed by atoms with Crippen molar-refractivity contribution in [2.75, 3.05) is 0 Å². The maximum atomic E-state index is 5.55. The van der Waals surface area contributed by atoms with Crippen molar-refractivity contribution in [3.05, 3.63) is 16.6 Å². The molecule has 9 heavy (non-hydrogen) atoms. The van der Waals surface area contributed by atoms with Gasteiger partial charge >= 0.3 is 0 Å². The van der Waals surface area contributed by atoms with Crippen LogP contribution in [0.5, 0.6) is 0 Å². The molecule has 0 fully saturated rings. The van der Waals surface area contributed by atoms with Gasteiger partial charge < -0.3 is 5.73 Å². The first-order valence-corrected chi connectivity index (χ1v) is 3.86. The minimum atomic E-state index is 0.229. The number of rotatable bonds is 2. The van der Waals surface area contributed by atoms with Crippen molar-refractivity contribution in [2.24, 2.45) is 5.73 Å². The van der Waals surface area contributed by atoms with E-state index in [9.17, 15) is 0 Å². The molecule has 1 atom stereocenters. The molecule has 0 saturated heterocycles. The summed E-state index contributed by atoms with van der Waals surface area (Å²) in [5.41, 5.74) is 8.49. The molecule has 1 rings (SSSR count). The van der Waals surface area contributed by atoms with E-state index >= 15 is 0 Å². The van der Waals surface area contributed by atoms with Crippen LogP contribution in [0.2, 0.25) is 0 Å². The van der Waals surface area contributed by atoms with E-state index < -0.39 is 0 Å². The van der Waals surface area contributed by atoms with Gasteiger partial charge in [0.25, 0.3) is 0 Å². The third kappa shape index (κ3) is 2.11. The minimum absolute atomic E-state index is 0.229. The number of aromatic nitrogens is 1. The molecule has 0 aliphatic carbocycles. The highest BCUT2D eigenvalue weighted by molar-refractivity contribution is 7.07. The maximum Gasteiger partial charge on any atom is 0.0794 e. The molecule has 0 aliphatic rings. The molecular weight excluding hydrogens is 132 g/mol. The molecule has 0 aliphatic heterocycles. The summed E-state index contributed by atoms with van der Waals surface area (Å²) in [7, 11) is 0. The molecule has 0 radical (unpaired) electrons. The second-order valence-corrected chi connectivity index (χ2v) is 2.88. The molecule has 0 saturated carbocycles. The lowest BCUT2D eigenvalue weighted by Crippen LogP contribution is -2.17. The smallest absolute Gasteiger partial charge is 0.0794 e. The Hall–Kier alpha value is -0.410. The summed E-state index contributed by atoms with van der Waals surface area (Å²) in [5.74, 6) is 0. The summed E-state index contributed by atoms with van der Waals surface area (Å²) in [6.45, 7) is 1.99. The molecule has 2 N–H and O–H groups in total. The molecule has 0 aromatic carbocycles. The number of thiazole rings is 1. The quantitative estimate of drug-likeness (QED) is 0.670. The summed E-state index contributed by atoms with van der Waals surface area (Å²) in [4.78, 5) is 4.09. The van der Waals surface area contributed by atoms with E-state index in [1.54, 1.807) is 11.3 Å². The zero-order valence-electron chi connectivity index (χ0n) is 5.37. The highest BCUT2D eigenvalue weighted by Gasteiger charge is 1.97. The van der Waals surface area contributed by atoms with E-state index in [-0.39, 0.29) is 6.04 Å². The number of hydrogen-bond acceptors (Lipinski definition) is 3. The third-order valence-corrected chi connectivity index (χ3v) is 1.65. The van der Waals surface area contributed by atoms with E-state index in [2.05, 4.69) is 4.98 Å². The molecule has 0 amide bonds. The second kappa shape index (κ2) is 2.94. The normalized spacial score (nSPS) is 13.6. The molecule has 2 nitrogen and oxygen atoms in total. The molecule has 1 aromatic rings. The first kappa shape index (κ1) is 6.71. The van der Waals surface area contributed by atoms with Crippen molar-refractivity contribution >= 4 is 11.3 Å². The van der Waals surface area contributed by atoms with Crippen molar-refractivity contribution in [2.45, 2.75) is 19.4 Å². The molecular formula is C6H10N2S. The van der Waals surface area contributed by atoms with E-state index in [0.29, 0.717) is 0 Å². The van der Waals surface area contributed by atoms with Crippen LogP contribution in [0, 0.1) is 0 Å². The fraction of sp³-hybridized carbons (Fsp3) is 0.500. The molecule has 50 valence electrons. The maximum absolute atomic E-state index is 5.55. The monoisotopic (exact) mass is 142 g/mol. The summed E-state index contributed by atoms with van der Waals surface area (Å²) in [6.07, 6.45) is 0.892. The van der Waals surface area contributed by atoms with Crippen LogP contribution in [-0.2, 0) is 6.42 Å².